The number of aryl methyl sites for hydroxylation is 1. The van der Waals surface area contributed by atoms with Crippen LogP contribution < -0.4 is 3.78 Å². The van der Waals surface area contributed by atoms with E-state index in [1.54, 1.807) is 7.05 Å². The first-order chi connectivity index (χ1) is 7.27. The molecule has 0 aromatic carbocycles. The monoisotopic (exact) mass is 333 g/mol. The number of rotatable bonds is 3. The summed E-state index contributed by atoms with van der Waals surface area (Å²) in [5.74, 6) is 0.160. The predicted octanol–water partition coefficient (Wildman–Crippen LogP) is 1.77. The van der Waals surface area contributed by atoms with Crippen molar-refractivity contribution in [2.45, 2.75) is 21.7 Å². The first-order valence-corrected chi connectivity index (χ1v) is 15.2. The molecule has 0 spiro atoms. The Labute approximate surface area is 100 Å². The Hall–Kier alpha value is -0.491. The standard InChI is InChI=1S/C8H10NO3.3CH3.Sn/c1-6-4-5-12-7(6)8(10)9(2)11-3;;;;/h4H,1-3H3;3*1H3;. The topological polar surface area (TPSA) is 42.7 Å². The van der Waals surface area contributed by atoms with Crippen molar-refractivity contribution in [1.29, 1.82) is 0 Å². The van der Waals surface area contributed by atoms with Gasteiger partial charge in [-0.3, -0.25) is 0 Å². The molecule has 0 bridgehead atoms. The van der Waals surface area contributed by atoms with Crippen molar-refractivity contribution >= 4 is 28.1 Å². The Morgan fingerprint density at radius 2 is 2.00 bits per heavy atom. The van der Waals surface area contributed by atoms with Gasteiger partial charge in [-0.1, -0.05) is 0 Å². The summed E-state index contributed by atoms with van der Waals surface area (Å²) in [4.78, 5) is 23.5. The van der Waals surface area contributed by atoms with Crippen molar-refractivity contribution in [2.24, 2.45) is 0 Å². The minimum atomic E-state index is -2.24. The Bertz CT molecular complexity index is 392. The van der Waals surface area contributed by atoms with E-state index in [2.05, 4.69) is 14.8 Å². The summed E-state index contributed by atoms with van der Waals surface area (Å²) < 4.78 is 6.70. The zero-order valence-electron chi connectivity index (χ0n) is 10.7. The number of furan rings is 1. The van der Waals surface area contributed by atoms with E-state index in [0.717, 1.165) is 9.34 Å². The van der Waals surface area contributed by atoms with Crippen molar-refractivity contribution in [2.75, 3.05) is 14.2 Å². The number of hydrogen-bond donors (Lipinski definition) is 0. The Morgan fingerprint density at radius 1 is 1.44 bits per heavy atom. The van der Waals surface area contributed by atoms with Crippen LogP contribution in [-0.2, 0) is 4.84 Å². The average molecular weight is 332 g/mol. The van der Waals surface area contributed by atoms with Crippen LogP contribution >= 0.6 is 0 Å². The van der Waals surface area contributed by atoms with Crippen LogP contribution in [0.15, 0.2) is 10.5 Å². The molecule has 0 atom stereocenters. The summed E-state index contributed by atoms with van der Waals surface area (Å²) in [6, 6.07) is 1.99. The summed E-state index contributed by atoms with van der Waals surface area (Å²) in [7, 11) is 3.03. The molecule has 1 aromatic rings. The molecule has 0 aliphatic rings. The molecule has 0 aliphatic carbocycles. The Morgan fingerprint density at radius 3 is 2.38 bits per heavy atom. The average Bonchev–Trinajstić information content (AvgIpc) is 2.57. The van der Waals surface area contributed by atoms with Crippen LogP contribution in [0.3, 0.4) is 0 Å². The maximum atomic E-state index is 11.9. The molecule has 90 valence electrons. The first kappa shape index (κ1) is 13.6. The van der Waals surface area contributed by atoms with Gasteiger partial charge in [0.1, 0.15) is 0 Å². The van der Waals surface area contributed by atoms with Gasteiger partial charge in [0.15, 0.2) is 0 Å². The summed E-state index contributed by atoms with van der Waals surface area (Å²) in [6.07, 6.45) is 0. The van der Waals surface area contributed by atoms with Gasteiger partial charge < -0.3 is 0 Å². The number of amides is 1. The number of nitrogens with zero attached hydrogens (tertiary/aromatic N) is 1. The molecule has 1 rings (SSSR count). The van der Waals surface area contributed by atoms with E-state index in [1.807, 2.05) is 13.0 Å². The molecular formula is C11H19NO3Sn. The second-order valence-corrected chi connectivity index (χ2v) is 19.1. The Balaban J connectivity index is 3.08. The number of hydroxylamine groups is 2. The van der Waals surface area contributed by atoms with E-state index in [0.29, 0.717) is 5.76 Å². The normalized spacial score (nSPS) is 11.6. The van der Waals surface area contributed by atoms with Crippen LogP contribution in [0, 0.1) is 6.92 Å². The van der Waals surface area contributed by atoms with Crippen molar-refractivity contribution in [1.82, 2.24) is 5.06 Å². The number of hydrogen-bond acceptors (Lipinski definition) is 3. The van der Waals surface area contributed by atoms with Gasteiger partial charge in [0, 0.05) is 0 Å². The second-order valence-electron chi connectivity index (χ2n) is 4.86. The maximum absolute atomic E-state index is 11.9. The van der Waals surface area contributed by atoms with E-state index in [-0.39, 0.29) is 5.91 Å². The van der Waals surface area contributed by atoms with Gasteiger partial charge in [-0.15, -0.1) is 0 Å². The van der Waals surface area contributed by atoms with Gasteiger partial charge in [0.25, 0.3) is 0 Å². The molecule has 4 nitrogen and oxygen atoms in total. The fourth-order valence-electron chi connectivity index (χ4n) is 1.29. The van der Waals surface area contributed by atoms with Gasteiger partial charge >= 0.3 is 100 Å². The molecule has 0 saturated carbocycles. The van der Waals surface area contributed by atoms with E-state index >= 15 is 0 Å². The van der Waals surface area contributed by atoms with E-state index in [4.69, 9.17) is 9.25 Å². The van der Waals surface area contributed by atoms with Crippen molar-refractivity contribution in [3.63, 3.8) is 0 Å². The zero-order chi connectivity index (χ0) is 12.5. The van der Waals surface area contributed by atoms with Gasteiger partial charge in [0.2, 0.25) is 0 Å². The first-order valence-electron chi connectivity index (χ1n) is 5.20. The van der Waals surface area contributed by atoms with E-state index in [9.17, 15) is 4.79 Å². The minimum absolute atomic E-state index is 0.234. The summed E-state index contributed by atoms with van der Waals surface area (Å²) in [5, 5.41) is 1.17. The van der Waals surface area contributed by atoms with Gasteiger partial charge in [0.05, 0.1) is 0 Å². The Kier molecular flexibility index (Phi) is 4.06. The van der Waals surface area contributed by atoms with Crippen LogP contribution in [0.25, 0.3) is 0 Å². The summed E-state index contributed by atoms with van der Waals surface area (Å²) in [6.45, 7) is 1.89. The zero-order valence-corrected chi connectivity index (χ0v) is 13.6. The van der Waals surface area contributed by atoms with Gasteiger partial charge in [-0.2, -0.15) is 0 Å². The van der Waals surface area contributed by atoms with E-state index in [1.165, 1.54) is 12.2 Å². The SMILES string of the molecule is CON(C)C(=O)c1o[c]([Sn]([CH3])([CH3])[CH3])cc1C. The molecule has 1 heterocycles. The van der Waals surface area contributed by atoms with Gasteiger partial charge in [-0.05, 0) is 0 Å². The summed E-state index contributed by atoms with van der Waals surface area (Å²) in [5.41, 5.74) is 0.885. The van der Waals surface area contributed by atoms with Crippen LogP contribution in [-0.4, -0.2) is 43.5 Å². The molecule has 0 N–H and O–H groups in total. The third-order valence-electron chi connectivity index (χ3n) is 2.41. The van der Waals surface area contributed by atoms with Crippen molar-refractivity contribution in [3.05, 3.63) is 17.4 Å². The van der Waals surface area contributed by atoms with Crippen molar-refractivity contribution in [3.8, 4) is 0 Å². The second kappa shape index (κ2) is 4.79. The summed E-state index contributed by atoms with van der Waals surface area (Å²) >= 11 is -2.24. The predicted molar refractivity (Wildman–Crippen MR) is 65.5 cm³/mol. The van der Waals surface area contributed by atoms with Gasteiger partial charge in [-0.25, -0.2) is 0 Å². The molecule has 0 aliphatic heterocycles. The molecule has 1 aromatic heterocycles. The molecular weight excluding hydrogens is 313 g/mol. The fraction of sp³-hybridized carbons (Fsp3) is 0.545. The number of carbonyl (C=O) groups is 1. The molecule has 5 heteroatoms. The van der Waals surface area contributed by atoms with Crippen LogP contribution in [0.1, 0.15) is 16.1 Å². The molecule has 0 fully saturated rings. The molecule has 16 heavy (non-hydrogen) atoms. The molecule has 0 saturated heterocycles. The molecule has 1 amide bonds. The van der Waals surface area contributed by atoms with E-state index < -0.39 is 18.4 Å². The fourth-order valence-corrected chi connectivity index (χ4v) is 4.31. The van der Waals surface area contributed by atoms with Crippen LogP contribution in [0.2, 0.25) is 14.8 Å². The number of carbonyl (C=O) groups excluding carboxylic acids is 1. The third-order valence-corrected chi connectivity index (χ3v) is 7.33. The quantitative estimate of drug-likeness (QED) is 0.626. The van der Waals surface area contributed by atoms with Crippen molar-refractivity contribution < 1.29 is 14.0 Å². The molecule has 0 radical (unpaired) electrons. The van der Waals surface area contributed by atoms with Crippen LogP contribution in [0.4, 0.5) is 0 Å². The molecule has 0 unspecified atom stereocenters. The van der Waals surface area contributed by atoms with Crippen LogP contribution in [0.5, 0.6) is 0 Å². The third kappa shape index (κ3) is 2.79.